The minimum absolute atomic E-state index is 0.656. The van der Waals surface area contributed by atoms with Crippen LogP contribution in [0, 0.1) is 0 Å². The summed E-state index contributed by atoms with van der Waals surface area (Å²) in [5.41, 5.74) is 0. The largest absolute Gasteiger partial charge is 0.500 e. The molecule has 0 aromatic rings. The zero-order chi connectivity index (χ0) is 33.6. The van der Waals surface area contributed by atoms with Crippen LogP contribution in [0.4, 0.5) is 0 Å². The van der Waals surface area contributed by atoms with E-state index in [1.165, 1.54) is 32.1 Å². The summed E-state index contributed by atoms with van der Waals surface area (Å²) in [6.45, 7) is 29.3. The van der Waals surface area contributed by atoms with E-state index in [2.05, 4.69) is 62.3 Å². The maximum absolute atomic E-state index is 7.62. The van der Waals surface area contributed by atoms with Gasteiger partial charge in [0.15, 0.2) is 25.0 Å². The van der Waals surface area contributed by atoms with Crippen molar-refractivity contribution in [2.75, 3.05) is 19.8 Å². The van der Waals surface area contributed by atoms with Gasteiger partial charge in [0.2, 0.25) is 0 Å². The van der Waals surface area contributed by atoms with Gasteiger partial charge in [-0.1, -0.05) is 94.4 Å². The third-order valence-electron chi connectivity index (χ3n) is 10.5. The van der Waals surface area contributed by atoms with Crippen LogP contribution in [-0.4, -0.2) is 62.4 Å². The number of hydrogen-bond donors (Lipinski definition) is 0. The molecular weight excluding hydrogens is 633 g/mol. The third kappa shape index (κ3) is 14.5. The van der Waals surface area contributed by atoms with Gasteiger partial charge in [0, 0.05) is 31.9 Å². The maximum atomic E-state index is 7.62. The van der Waals surface area contributed by atoms with Crippen LogP contribution in [0.25, 0.3) is 0 Å². The summed E-state index contributed by atoms with van der Waals surface area (Å²) in [4.78, 5) is 0. The second-order valence-corrected chi connectivity index (χ2v) is 33.2. The van der Waals surface area contributed by atoms with Crippen molar-refractivity contribution in [1.29, 1.82) is 0 Å². The van der Waals surface area contributed by atoms with Gasteiger partial charge in [0.05, 0.1) is 0 Å². The van der Waals surface area contributed by atoms with Crippen molar-refractivity contribution in [3.8, 4) is 0 Å². The molecule has 6 nitrogen and oxygen atoms in total. The highest BCUT2D eigenvalue weighted by molar-refractivity contribution is 6.92. The monoisotopic (exact) mass is 710 g/mol. The first-order chi connectivity index (χ1) is 21.1. The quantitative estimate of drug-likeness (QED) is 0.0527. The Labute approximate surface area is 281 Å². The Balaban J connectivity index is 5.69. The van der Waals surface area contributed by atoms with Crippen LogP contribution in [0.15, 0.2) is 0 Å². The zero-order valence-electron chi connectivity index (χ0n) is 31.8. The Morgan fingerprint density at radius 1 is 0.295 bits per heavy atom. The summed E-state index contributed by atoms with van der Waals surface area (Å²) in [5, 5.41) is 0. The molecule has 0 atom stereocenters. The van der Waals surface area contributed by atoms with Gasteiger partial charge in [-0.3, -0.25) is 0 Å². The highest BCUT2D eigenvalue weighted by Gasteiger charge is 2.54. The third-order valence-corrected chi connectivity index (χ3v) is 35.1. The second kappa shape index (κ2) is 24.1. The van der Waals surface area contributed by atoms with Crippen LogP contribution in [0.2, 0.25) is 66.5 Å². The van der Waals surface area contributed by atoms with E-state index < -0.39 is 42.6 Å². The molecule has 44 heavy (non-hydrogen) atoms. The van der Waals surface area contributed by atoms with E-state index in [0.717, 1.165) is 79.3 Å². The van der Waals surface area contributed by atoms with Crippen LogP contribution in [0.3, 0.4) is 0 Å². The van der Waals surface area contributed by atoms with E-state index in [0.29, 0.717) is 19.8 Å². The van der Waals surface area contributed by atoms with Gasteiger partial charge in [-0.25, -0.2) is 0 Å². The van der Waals surface area contributed by atoms with Gasteiger partial charge in [-0.15, -0.1) is 0 Å². The molecule has 0 aliphatic carbocycles. The molecule has 0 amide bonds. The number of hydrogen-bond acceptors (Lipinski definition) is 6. The van der Waals surface area contributed by atoms with Crippen molar-refractivity contribution >= 4 is 42.6 Å². The summed E-state index contributed by atoms with van der Waals surface area (Å²) in [6, 6.07) is 12.3. The molecule has 0 bridgehead atoms. The predicted molar refractivity (Wildman–Crippen MR) is 203 cm³/mol. The Morgan fingerprint density at radius 2 is 0.523 bits per heavy atom. The highest BCUT2D eigenvalue weighted by atomic mass is 28.5. The lowest BCUT2D eigenvalue weighted by molar-refractivity contribution is 0.0706. The average Bonchev–Trinajstić information content (AvgIpc) is 3.05. The molecular formula is C33H78O6Si5. The fraction of sp³-hybridized carbons (Fsp3) is 1.00. The van der Waals surface area contributed by atoms with Crippen molar-refractivity contribution in [3.05, 3.63) is 0 Å². The molecule has 0 aliphatic heterocycles. The summed E-state index contributed by atoms with van der Waals surface area (Å²) in [5.74, 6) is 0. The van der Waals surface area contributed by atoms with Crippen LogP contribution in [-0.2, 0) is 25.6 Å². The van der Waals surface area contributed by atoms with Gasteiger partial charge in [-0.05, 0) is 88.0 Å². The molecule has 0 rings (SSSR count). The van der Waals surface area contributed by atoms with Crippen molar-refractivity contribution in [3.63, 3.8) is 0 Å². The topological polar surface area (TPSA) is 55.4 Å². The molecule has 0 fully saturated rings. The highest BCUT2D eigenvalue weighted by Crippen LogP contribution is 2.39. The minimum Gasteiger partial charge on any atom is -0.416 e. The lowest BCUT2D eigenvalue weighted by atomic mass is 10.1. The van der Waals surface area contributed by atoms with Crippen molar-refractivity contribution < 1.29 is 25.6 Å². The average molecular weight is 711 g/mol. The van der Waals surface area contributed by atoms with Crippen LogP contribution in [0.1, 0.15) is 128 Å². The van der Waals surface area contributed by atoms with Crippen molar-refractivity contribution in [2.45, 2.75) is 195 Å². The van der Waals surface area contributed by atoms with Gasteiger partial charge >= 0.3 is 17.6 Å². The Bertz CT molecular complexity index is 593. The molecule has 0 aliphatic rings. The molecule has 0 heterocycles. The molecule has 0 spiro atoms. The Hall–Kier alpha value is 0.844. The van der Waals surface area contributed by atoms with Gasteiger partial charge in [0.1, 0.15) is 0 Å². The number of rotatable bonds is 31. The number of unbranched alkanes of at least 4 members (excludes halogenated alkanes) is 6. The zero-order valence-corrected chi connectivity index (χ0v) is 36.8. The van der Waals surface area contributed by atoms with Crippen molar-refractivity contribution in [2.24, 2.45) is 0 Å². The molecule has 0 N–H and O–H groups in total. The molecule has 266 valence electrons. The minimum atomic E-state index is -2.87. The smallest absolute Gasteiger partial charge is 0.416 e. The summed E-state index contributed by atoms with van der Waals surface area (Å²) in [6.07, 6.45) is 8.52. The molecule has 0 radical (unpaired) electrons. The second-order valence-electron chi connectivity index (χ2n) is 12.7. The standard InChI is InChI=1S/C33H78O6Si5/c1-13-34-43(35-14-2,36-15-3)32-30-28-26-25-27-29-31-33-44(37-40(16-4,17-5)18-6,38-41(19-7,20-8)21-9)39-42(22-10,23-11)24-12/h13-33H2,1-12H3. The van der Waals surface area contributed by atoms with E-state index >= 15 is 0 Å². The molecule has 0 saturated carbocycles. The molecule has 0 saturated heterocycles. The van der Waals surface area contributed by atoms with E-state index in [4.69, 9.17) is 25.6 Å². The van der Waals surface area contributed by atoms with E-state index in [1.807, 2.05) is 20.8 Å². The van der Waals surface area contributed by atoms with Gasteiger partial charge in [0.25, 0.3) is 0 Å². The first-order valence-electron chi connectivity index (χ1n) is 19.1. The van der Waals surface area contributed by atoms with Gasteiger partial charge in [-0.2, -0.15) is 0 Å². The first-order valence-corrected chi connectivity index (χ1v) is 30.5. The summed E-state index contributed by atoms with van der Waals surface area (Å²) >= 11 is 0. The van der Waals surface area contributed by atoms with Crippen LogP contribution >= 0.6 is 0 Å². The summed E-state index contributed by atoms with van der Waals surface area (Å²) < 4.78 is 41.0. The van der Waals surface area contributed by atoms with Crippen LogP contribution in [0.5, 0.6) is 0 Å². The molecule has 11 heteroatoms. The van der Waals surface area contributed by atoms with Crippen molar-refractivity contribution in [1.82, 2.24) is 0 Å². The molecule has 0 aromatic carbocycles. The predicted octanol–water partition coefficient (Wildman–Crippen LogP) is 11.8. The van der Waals surface area contributed by atoms with E-state index in [1.54, 1.807) is 0 Å². The molecule has 0 unspecified atom stereocenters. The molecule has 0 aromatic heterocycles. The van der Waals surface area contributed by atoms with E-state index in [9.17, 15) is 0 Å². The first kappa shape index (κ1) is 44.8. The lowest BCUT2D eigenvalue weighted by Gasteiger charge is -2.48. The fourth-order valence-electron chi connectivity index (χ4n) is 6.67. The Morgan fingerprint density at radius 3 is 0.750 bits per heavy atom. The van der Waals surface area contributed by atoms with Gasteiger partial charge < -0.3 is 25.6 Å². The fourth-order valence-corrected chi connectivity index (χ4v) is 30.5. The lowest BCUT2D eigenvalue weighted by Crippen LogP contribution is -2.64. The Kier molecular flexibility index (Phi) is 24.5. The SMILES string of the molecule is CCO[Si](CCCCCCCCC[Si](O[Si](CC)(CC)CC)(O[Si](CC)(CC)CC)O[Si](CC)(CC)CC)(OCC)OCC. The van der Waals surface area contributed by atoms with E-state index in [-0.39, 0.29) is 0 Å². The summed E-state index contributed by atoms with van der Waals surface area (Å²) in [7, 11) is -11.2. The maximum Gasteiger partial charge on any atom is 0.500 e. The normalized spacial score (nSPS) is 13.6. The van der Waals surface area contributed by atoms with Crippen LogP contribution < -0.4 is 0 Å².